The number of carbonyl (C=O) groups is 2. The molecule has 1 aromatic rings. The average Bonchev–Trinajstić information content (AvgIpc) is 2.96. The van der Waals surface area contributed by atoms with E-state index < -0.39 is 69.0 Å². The molecule has 0 bridgehead atoms. The first kappa shape index (κ1) is 27.0. The van der Waals surface area contributed by atoms with Gasteiger partial charge in [0.15, 0.2) is 6.01 Å². The number of carbonyl (C=O) groups excluding carboxylic acids is 2. The van der Waals surface area contributed by atoms with Gasteiger partial charge in [-0.2, -0.15) is 13.2 Å². The third kappa shape index (κ3) is 5.99. The molecule has 0 aromatic heterocycles. The maximum atomic E-state index is 14.0. The zero-order chi connectivity index (χ0) is 25.4. The van der Waals surface area contributed by atoms with Crippen molar-refractivity contribution in [2.75, 3.05) is 12.7 Å². The molecule has 3 atom stereocenters. The van der Waals surface area contributed by atoms with Crippen LogP contribution in [0.5, 0.6) is 0 Å². The Morgan fingerprint density at radius 1 is 1.15 bits per heavy atom. The van der Waals surface area contributed by atoms with Crippen LogP contribution in [-0.2, 0) is 24.0 Å². The molecule has 1 aliphatic heterocycles. The third-order valence-corrected chi connectivity index (χ3v) is 6.39. The zero-order valence-corrected chi connectivity index (χ0v) is 19.4. The number of halogens is 5. The summed E-state index contributed by atoms with van der Waals surface area (Å²) in [6.45, 7) is 6.99. The molecule has 3 unspecified atom stereocenters. The van der Waals surface area contributed by atoms with Gasteiger partial charge >= 0.3 is 18.2 Å². The van der Waals surface area contributed by atoms with Gasteiger partial charge in [0.1, 0.15) is 33.8 Å². The van der Waals surface area contributed by atoms with E-state index in [9.17, 15) is 35.8 Å². The molecule has 7 nitrogen and oxygen atoms in total. The first-order valence-electron chi connectivity index (χ1n) is 9.73. The van der Waals surface area contributed by atoms with Crippen LogP contribution in [0.1, 0.15) is 46.3 Å². The Bertz CT molecular complexity index is 1010. The number of hydrogen-bond donors (Lipinski definition) is 0. The maximum absolute atomic E-state index is 14.0. The van der Waals surface area contributed by atoms with E-state index in [1.54, 1.807) is 20.8 Å². The molecule has 0 saturated carbocycles. The molecule has 0 radical (unpaired) electrons. The van der Waals surface area contributed by atoms with Gasteiger partial charge in [0.25, 0.3) is 0 Å². The Morgan fingerprint density at radius 3 is 2.12 bits per heavy atom. The summed E-state index contributed by atoms with van der Waals surface area (Å²) in [4.78, 5) is 24.4. The van der Waals surface area contributed by atoms with Crippen LogP contribution < -0.4 is 0 Å². The molecule has 0 aliphatic carbocycles. The number of nitrogens with zero attached hydrogens (tertiary/aromatic N) is 2. The van der Waals surface area contributed by atoms with E-state index in [1.807, 2.05) is 0 Å². The second-order valence-corrected chi connectivity index (χ2v) is 10.9. The summed E-state index contributed by atoms with van der Waals surface area (Å²) >= 11 is 0. The van der Waals surface area contributed by atoms with Crippen molar-refractivity contribution in [3.8, 4) is 0 Å². The minimum atomic E-state index is -5.40. The van der Waals surface area contributed by atoms with Crippen LogP contribution in [-0.4, -0.2) is 57.3 Å². The number of hydrogen-bond acceptors (Lipinski definition) is 5. The minimum Gasteiger partial charge on any atom is -0.444 e. The van der Waals surface area contributed by atoms with E-state index in [0.717, 1.165) is 17.0 Å². The zero-order valence-electron chi connectivity index (χ0n) is 18.6. The highest BCUT2D eigenvalue weighted by molar-refractivity contribution is 7.93. The predicted octanol–water partition coefficient (Wildman–Crippen LogP) is 4.91. The van der Waals surface area contributed by atoms with Crippen molar-refractivity contribution in [3.63, 3.8) is 0 Å². The number of amides is 2. The fourth-order valence-electron chi connectivity index (χ4n) is 3.28. The Morgan fingerprint density at radius 2 is 1.70 bits per heavy atom. The largest absolute Gasteiger partial charge is 0.474 e. The summed E-state index contributed by atoms with van der Waals surface area (Å²) in [5.74, 6) is -2.67. The standard InChI is InChI=1S/C20H25F5N2O5S/c1-18(2,3)32-17(29)27-14(10-21)15(31-19(27,4)5)12-6-8-13(9-7-12)33(30,11-22)26-16(28)20(23,24)25/h6-9,14-15H,10-11H2,1-5H3. The average molecular weight is 500 g/mol. The third-order valence-electron chi connectivity index (χ3n) is 4.62. The number of ether oxygens (including phenoxy) is 2. The van der Waals surface area contributed by atoms with E-state index in [1.165, 1.54) is 26.0 Å². The van der Waals surface area contributed by atoms with Crippen molar-refractivity contribution in [1.82, 2.24) is 4.90 Å². The summed E-state index contributed by atoms with van der Waals surface area (Å²) < 4.78 is 91.1. The van der Waals surface area contributed by atoms with Crippen molar-refractivity contribution in [3.05, 3.63) is 29.8 Å². The minimum absolute atomic E-state index is 0.281. The van der Waals surface area contributed by atoms with Crippen LogP contribution in [0.4, 0.5) is 26.7 Å². The van der Waals surface area contributed by atoms with Crippen molar-refractivity contribution in [2.24, 2.45) is 4.36 Å². The summed E-state index contributed by atoms with van der Waals surface area (Å²) in [7, 11) is -4.33. The number of alkyl halides is 5. The van der Waals surface area contributed by atoms with Crippen LogP contribution in [0.25, 0.3) is 0 Å². The van der Waals surface area contributed by atoms with Gasteiger partial charge in [-0.15, -0.1) is 4.36 Å². The van der Waals surface area contributed by atoms with Gasteiger partial charge in [0.05, 0.1) is 10.9 Å². The quantitative estimate of drug-likeness (QED) is 0.549. The SMILES string of the molecule is CC(C)(C)OC(=O)N1C(CF)C(c2ccc(S(=O)(CF)=NC(=O)C(F)(F)F)cc2)OC1(C)C. The maximum Gasteiger partial charge on any atom is 0.474 e. The fourth-order valence-corrected chi connectivity index (χ4v) is 4.50. The van der Waals surface area contributed by atoms with Crippen molar-refractivity contribution < 1.29 is 45.2 Å². The molecule has 1 aromatic carbocycles. The van der Waals surface area contributed by atoms with Crippen LogP contribution in [0.3, 0.4) is 0 Å². The monoisotopic (exact) mass is 500 g/mol. The predicted molar refractivity (Wildman–Crippen MR) is 108 cm³/mol. The summed E-state index contributed by atoms with van der Waals surface area (Å²) in [6, 6.07) is 1.59. The molecule has 1 saturated heterocycles. The van der Waals surface area contributed by atoms with Crippen LogP contribution in [0, 0.1) is 0 Å². The molecule has 1 fully saturated rings. The first-order chi connectivity index (χ1) is 14.9. The molecule has 0 N–H and O–H groups in total. The highest BCUT2D eigenvalue weighted by Gasteiger charge is 2.52. The van der Waals surface area contributed by atoms with E-state index in [4.69, 9.17) is 9.47 Å². The molecule has 186 valence electrons. The summed E-state index contributed by atoms with van der Waals surface area (Å²) in [6.07, 6.45) is -7.22. The van der Waals surface area contributed by atoms with Gasteiger partial charge in [-0.05, 0) is 52.3 Å². The second-order valence-electron chi connectivity index (χ2n) is 8.77. The highest BCUT2D eigenvalue weighted by Crippen LogP contribution is 2.42. The lowest BCUT2D eigenvalue weighted by molar-refractivity contribution is -0.169. The molecule has 2 amide bonds. The van der Waals surface area contributed by atoms with Gasteiger partial charge in [-0.25, -0.2) is 17.8 Å². The highest BCUT2D eigenvalue weighted by atomic mass is 32.2. The molecule has 33 heavy (non-hydrogen) atoms. The first-order valence-corrected chi connectivity index (χ1v) is 11.4. The van der Waals surface area contributed by atoms with Crippen LogP contribution in [0.2, 0.25) is 0 Å². The Hall–Kier alpha value is -2.28. The molecule has 2 rings (SSSR count). The lowest BCUT2D eigenvalue weighted by atomic mass is 10.0. The van der Waals surface area contributed by atoms with Crippen molar-refractivity contribution >= 4 is 21.7 Å². The van der Waals surface area contributed by atoms with E-state index in [0.29, 0.717) is 0 Å². The fraction of sp³-hybridized carbons (Fsp3) is 0.600. The van der Waals surface area contributed by atoms with Gasteiger partial charge in [-0.1, -0.05) is 12.1 Å². The second kappa shape index (κ2) is 9.16. The summed E-state index contributed by atoms with van der Waals surface area (Å²) in [5.41, 5.74) is -1.84. The molecular weight excluding hydrogens is 475 g/mol. The van der Waals surface area contributed by atoms with Gasteiger partial charge in [-0.3, -0.25) is 9.69 Å². The molecule has 1 aliphatic rings. The van der Waals surface area contributed by atoms with Crippen molar-refractivity contribution in [2.45, 2.75) is 69.2 Å². The lowest BCUT2D eigenvalue weighted by Crippen LogP contribution is -2.50. The number of benzene rings is 1. The van der Waals surface area contributed by atoms with E-state index >= 15 is 0 Å². The molecule has 13 heteroatoms. The van der Waals surface area contributed by atoms with E-state index in [2.05, 4.69) is 4.36 Å². The van der Waals surface area contributed by atoms with Crippen LogP contribution in [0.15, 0.2) is 33.5 Å². The molecular formula is C20H25F5N2O5S. The Kier molecular flexibility index (Phi) is 7.49. The normalized spacial score (nSPS) is 22.5. The summed E-state index contributed by atoms with van der Waals surface area (Å²) in [5, 5.41) is 0. The van der Waals surface area contributed by atoms with Crippen molar-refractivity contribution in [1.29, 1.82) is 0 Å². The molecule has 1 heterocycles. The Balaban J connectivity index is 2.40. The lowest BCUT2D eigenvalue weighted by Gasteiger charge is -2.34. The smallest absolute Gasteiger partial charge is 0.444 e. The van der Waals surface area contributed by atoms with Crippen LogP contribution >= 0.6 is 0 Å². The topological polar surface area (TPSA) is 85.3 Å². The van der Waals surface area contributed by atoms with Gasteiger partial charge in [0, 0.05) is 0 Å². The number of rotatable bonds is 4. The van der Waals surface area contributed by atoms with E-state index in [-0.39, 0.29) is 5.56 Å². The van der Waals surface area contributed by atoms with Gasteiger partial charge < -0.3 is 9.47 Å². The van der Waals surface area contributed by atoms with Gasteiger partial charge in [0.2, 0.25) is 0 Å². The molecule has 0 spiro atoms. The Labute approximate surface area is 188 Å².